The Hall–Kier alpha value is -1.51. The van der Waals surface area contributed by atoms with E-state index in [2.05, 4.69) is 12.4 Å². The summed E-state index contributed by atoms with van der Waals surface area (Å²) in [6.07, 6.45) is 0. The van der Waals surface area contributed by atoms with Crippen LogP contribution in [0.5, 0.6) is 0 Å². The summed E-state index contributed by atoms with van der Waals surface area (Å²) in [5.74, 6) is 0. The zero-order chi connectivity index (χ0) is 10.6. The van der Waals surface area contributed by atoms with Crippen molar-refractivity contribution in [3.05, 3.63) is 37.4 Å². The van der Waals surface area contributed by atoms with Crippen LogP contribution in [0, 0.1) is 7.05 Å². The van der Waals surface area contributed by atoms with Crippen molar-refractivity contribution >= 4 is 11.7 Å². The highest BCUT2D eigenvalue weighted by Crippen LogP contribution is 2.07. The molecule has 1 aromatic rings. The van der Waals surface area contributed by atoms with Crippen LogP contribution in [0.25, 0.3) is 0 Å². The lowest BCUT2D eigenvalue weighted by molar-refractivity contribution is 0.218. The lowest BCUT2D eigenvalue weighted by Crippen LogP contribution is -2.34. The molecule has 0 aliphatic rings. The van der Waals surface area contributed by atoms with Crippen molar-refractivity contribution in [3.63, 3.8) is 0 Å². The zero-order valence-electron chi connectivity index (χ0n) is 8.53. The Morgan fingerprint density at radius 2 is 1.93 bits per heavy atom. The van der Waals surface area contributed by atoms with E-state index in [0.29, 0.717) is 0 Å². The van der Waals surface area contributed by atoms with Gasteiger partial charge in [0.05, 0.1) is 0 Å². The maximum absolute atomic E-state index is 11.5. The molecular weight excluding hydrogens is 176 g/mol. The number of anilines is 1. The predicted octanol–water partition coefficient (Wildman–Crippen LogP) is 2.72. The summed E-state index contributed by atoms with van der Waals surface area (Å²) in [4.78, 5) is 12.9. The minimum atomic E-state index is -0.189. The van der Waals surface area contributed by atoms with Gasteiger partial charge in [-0.15, -0.1) is 0 Å². The lowest BCUT2D eigenvalue weighted by Gasteiger charge is -2.21. The molecule has 0 fully saturated rings. The quantitative estimate of drug-likeness (QED) is 0.765. The highest BCUT2D eigenvalue weighted by atomic mass is 16.2. The molecule has 1 aromatic carbocycles. The molecule has 0 spiro atoms. The van der Waals surface area contributed by atoms with E-state index in [9.17, 15) is 4.79 Å². The second-order valence-corrected chi connectivity index (χ2v) is 3.36. The standard InChI is InChI=1S/C11H15N2O/c1-9(2)13(3)11(14)12-10-7-5-4-6-8-10/h4-9H,3H2,1-2H3,(H,12,14). The molecule has 3 nitrogen and oxygen atoms in total. The number of amides is 2. The van der Waals surface area contributed by atoms with E-state index >= 15 is 0 Å². The van der Waals surface area contributed by atoms with Gasteiger partial charge < -0.3 is 10.2 Å². The smallest absolute Gasteiger partial charge is 0.320 e. The van der Waals surface area contributed by atoms with Crippen LogP contribution in [0.2, 0.25) is 0 Å². The number of hydrogen-bond acceptors (Lipinski definition) is 1. The molecule has 0 saturated heterocycles. The van der Waals surface area contributed by atoms with Gasteiger partial charge in [-0.1, -0.05) is 18.2 Å². The van der Waals surface area contributed by atoms with Crippen molar-refractivity contribution < 1.29 is 4.79 Å². The van der Waals surface area contributed by atoms with Gasteiger partial charge in [0, 0.05) is 18.8 Å². The van der Waals surface area contributed by atoms with Crippen molar-refractivity contribution in [2.45, 2.75) is 19.9 Å². The summed E-state index contributed by atoms with van der Waals surface area (Å²) in [6, 6.07) is 9.24. The Balaban J connectivity index is 2.58. The third-order valence-electron chi connectivity index (χ3n) is 1.91. The second kappa shape index (κ2) is 4.65. The number of benzene rings is 1. The number of carbonyl (C=O) groups excluding carboxylic acids is 1. The molecule has 0 aliphatic carbocycles. The van der Waals surface area contributed by atoms with Crippen LogP contribution in [0.4, 0.5) is 10.5 Å². The molecule has 0 atom stereocenters. The van der Waals surface area contributed by atoms with Crippen molar-refractivity contribution in [1.82, 2.24) is 4.90 Å². The molecule has 75 valence electrons. The topological polar surface area (TPSA) is 32.3 Å². The Morgan fingerprint density at radius 3 is 2.43 bits per heavy atom. The molecule has 2 amide bonds. The number of urea groups is 1. The van der Waals surface area contributed by atoms with E-state index in [1.807, 2.05) is 44.2 Å². The number of para-hydroxylation sites is 1. The van der Waals surface area contributed by atoms with Gasteiger partial charge in [0.25, 0.3) is 0 Å². The molecule has 1 N–H and O–H groups in total. The van der Waals surface area contributed by atoms with Gasteiger partial charge >= 0.3 is 6.03 Å². The molecule has 1 rings (SSSR count). The average Bonchev–Trinajstić information content (AvgIpc) is 2.18. The van der Waals surface area contributed by atoms with Crippen molar-refractivity contribution in [2.24, 2.45) is 0 Å². The van der Waals surface area contributed by atoms with Crippen LogP contribution < -0.4 is 5.32 Å². The monoisotopic (exact) mass is 191 g/mol. The number of rotatable bonds is 2. The van der Waals surface area contributed by atoms with Gasteiger partial charge in [0.2, 0.25) is 0 Å². The molecule has 0 bridgehead atoms. The van der Waals surface area contributed by atoms with Gasteiger partial charge in [-0.2, -0.15) is 0 Å². The number of nitrogens with one attached hydrogen (secondary N) is 1. The third-order valence-corrected chi connectivity index (χ3v) is 1.91. The maximum atomic E-state index is 11.5. The van der Waals surface area contributed by atoms with Crippen LogP contribution >= 0.6 is 0 Å². The average molecular weight is 191 g/mol. The van der Waals surface area contributed by atoms with Crippen molar-refractivity contribution in [2.75, 3.05) is 5.32 Å². The van der Waals surface area contributed by atoms with Gasteiger partial charge in [-0.3, -0.25) is 0 Å². The Morgan fingerprint density at radius 1 is 1.36 bits per heavy atom. The SMILES string of the molecule is [CH2]N(C(=O)Nc1ccccc1)C(C)C. The van der Waals surface area contributed by atoms with Crippen molar-refractivity contribution in [3.8, 4) is 0 Å². The fraction of sp³-hybridized carbons (Fsp3) is 0.273. The Bertz CT molecular complexity index is 295. The van der Waals surface area contributed by atoms with E-state index in [4.69, 9.17) is 0 Å². The molecule has 0 unspecified atom stereocenters. The molecule has 0 aliphatic heterocycles. The van der Waals surface area contributed by atoms with Gasteiger partial charge in [-0.05, 0) is 26.0 Å². The highest BCUT2D eigenvalue weighted by molar-refractivity contribution is 5.89. The van der Waals surface area contributed by atoms with Gasteiger partial charge in [-0.25, -0.2) is 4.79 Å². The molecule has 14 heavy (non-hydrogen) atoms. The minimum Gasteiger partial charge on any atom is -0.320 e. The van der Waals surface area contributed by atoms with Crippen LogP contribution in [-0.2, 0) is 0 Å². The lowest BCUT2D eigenvalue weighted by atomic mass is 10.3. The summed E-state index contributed by atoms with van der Waals surface area (Å²) < 4.78 is 0. The number of nitrogens with zero attached hydrogens (tertiary/aromatic N) is 1. The molecule has 3 heteroatoms. The molecule has 0 saturated carbocycles. The summed E-state index contributed by atoms with van der Waals surface area (Å²) in [7, 11) is 3.65. The van der Waals surface area contributed by atoms with Crippen LogP contribution in [0.3, 0.4) is 0 Å². The predicted molar refractivity (Wildman–Crippen MR) is 57.8 cm³/mol. The van der Waals surface area contributed by atoms with E-state index in [-0.39, 0.29) is 12.1 Å². The molecule has 0 aromatic heterocycles. The summed E-state index contributed by atoms with van der Waals surface area (Å²) in [5.41, 5.74) is 0.784. The van der Waals surface area contributed by atoms with E-state index < -0.39 is 0 Å². The van der Waals surface area contributed by atoms with Gasteiger partial charge in [0.1, 0.15) is 0 Å². The third kappa shape index (κ3) is 2.76. The van der Waals surface area contributed by atoms with E-state index in [1.165, 1.54) is 4.90 Å². The number of hydrogen-bond donors (Lipinski definition) is 1. The first-order valence-corrected chi connectivity index (χ1v) is 4.57. The second-order valence-electron chi connectivity index (χ2n) is 3.36. The van der Waals surface area contributed by atoms with Crippen LogP contribution in [0.1, 0.15) is 13.8 Å². The summed E-state index contributed by atoms with van der Waals surface area (Å²) >= 11 is 0. The fourth-order valence-electron chi connectivity index (χ4n) is 0.951. The highest BCUT2D eigenvalue weighted by Gasteiger charge is 2.11. The molecule has 1 radical (unpaired) electrons. The van der Waals surface area contributed by atoms with Gasteiger partial charge in [0.15, 0.2) is 0 Å². The summed E-state index contributed by atoms with van der Waals surface area (Å²) in [5, 5.41) is 2.75. The van der Waals surface area contributed by atoms with Crippen molar-refractivity contribution in [1.29, 1.82) is 0 Å². The Kier molecular flexibility index (Phi) is 3.51. The molecule has 0 heterocycles. The van der Waals surface area contributed by atoms with E-state index in [0.717, 1.165) is 5.69 Å². The first kappa shape index (κ1) is 10.6. The maximum Gasteiger partial charge on any atom is 0.322 e. The zero-order valence-corrected chi connectivity index (χ0v) is 8.53. The largest absolute Gasteiger partial charge is 0.322 e. The number of carbonyl (C=O) groups is 1. The normalized spacial score (nSPS) is 10.0. The van der Waals surface area contributed by atoms with Crippen LogP contribution in [-0.4, -0.2) is 17.0 Å². The Labute approximate surface area is 84.7 Å². The fourth-order valence-corrected chi connectivity index (χ4v) is 0.951. The van der Waals surface area contributed by atoms with E-state index in [1.54, 1.807) is 0 Å². The minimum absolute atomic E-state index is 0.0960. The summed E-state index contributed by atoms with van der Waals surface area (Å²) in [6.45, 7) is 3.83. The first-order valence-electron chi connectivity index (χ1n) is 4.57. The first-order chi connectivity index (χ1) is 6.61. The molecular formula is C11H15N2O. The van der Waals surface area contributed by atoms with Crippen LogP contribution in [0.15, 0.2) is 30.3 Å².